The van der Waals surface area contributed by atoms with Crippen LogP contribution in [0.15, 0.2) is 53.6 Å². The number of rotatable bonds is 8. The Morgan fingerprint density at radius 3 is 2.36 bits per heavy atom. The molecule has 4 aliphatic rings. The smallest absolute Gasteiger partial charge is 0.377 e. The number of nitrogens with zero attached hydrogens (tertiary/aromatic N) is 4. The van der Waals surface area contributed by atoms with E-state index in [4.69, 9.17) is 9.72 Å². The number of hydrogen-bond donors (Lipinski definition) is 2. The highest BCUT2D eigenvalue weighted by Gasteiger charge is 2.59. The van der Waals surface area contributed by atoms with Crippen LogP contribution in [-0.4, -0.2) is 74.6 Å². The summed E-state index contributed by atoms with van der Waals surface area (Å²) in [5.74, 6) is -2.46. The molecule has 2 aromatic heterocycles. The van der Waals surface area contributed by atoms with Crippen LogP contribution in [0.2, 0.25) is 0 Å². The van der Waals surface area contributed by atoms with Gasteiger partial charge >= 0.3 is 6.18 Å². The summed E-state index contributed by atoms with van der Waals surface area (Å²) in [7, 11) is -8.34. The largest absolute Gasteiger partial charge is 0.417 e. The Hall–Kier alpha value is -3.94. The van der Waals surface area contributed by atoms with Crippen LogP contribution >= 0.6 is 11.3 Å². The van der Waals surface area contributed by atoms with Crippen molar-refractivity contribution in [1.29, 1.82) is 0 Å². The Balaban J connectivity index is 1.18. The van der Waals surface area contributed by atoms with Crippen LogP contribution in [0.4, 0.5) is 38.7 Å². The number of thiazole rings is 1. The maximum absolute atomic E-state index is 16.4. The van der Waals surface area contributed by atoms with E-state index in [2.05, 4.69) is 20.2 Å². The Bertz CT molecular complexity index is 2200. The fourth-order valence-corrected chi connectivity index (χ4v) is 11.9. The quantitative estimate of drug-likeness (QED) is 0.231. The molecule has 3 saturated heterocycles. The molecule has 4 aromatic rings. The number of hydrogen-bond acceptors (Lipinski definition) is 11. The van der Waals surface area contributed by atoms with E-state index < -0.39 is 53.8 Å². The van der Waals surface area contributed by atoms with Crippen molar-refractivity contribution in [1.82, 2.24) is 15.0 Å². The third-order valence-electron chi connectivity index (χ3n) is 9.52. The molecular formula is C31H27F5N6O5S3. The first-order valence-electron chi connectivity index (χ1n) is 15.5. The molecule has 5 heterocycles. The number of benzene rings is 2. The SMILES string of the molecule is O=S1(=O)C[C@@H]2C(Nc3nccc(-c4sc(N5C6CCC5COC6)nc4-c4cccc(NS(=O)(=O)c5c(F)cccc5C(F)(F)F)c4F)n3)[C@@H]2C1. The van der Waals surface area contributed by atoms with E-state index in [1.165, 1.54) is 29.7 Å². The van der Waals surface area contributed by atoms with Crippen LogP contribution in [0.1, 0.15) is 18.4 Å². The second-order valence-corrected chi connectivity index (χ2v) is 17.5. The van der Waals surface area contributed by atoms with Gasteiger partial charge in [0.1, 0.15) is 10.7 Å². The van der Waals surface area contributed by atoms with Gasteiger partial charge in [0.25, 0.3) is 10.0 Å². The zero-order valence-electron chi connectivity index (χ0n) is 25.7. The molecule has 0 amide bonds. The Labute approximate surface area is 286 Å². The molecule has 5 atom stereocenters. The van der Waals surface area contributed by atoms with Gasteiger partial charge in [-0.15, -0.1) is 0 Å². The van der Waals surface area contributed by atoms with Crippen LogP contribution in [0.3, 0.4) is 0 Å². The summed E-state index contributed by atoms with van der Waals surface area (Å²) in [4.78, 5) is 14.6. The summed E-state index contributed by atoms with van der Waals surface area (Å²) >= 11 is 1.23. The van der Waals surface area contributed by atoms with Crippen LogP contribution in [0.5, 0.6) is 0 Å². The number of halogens is 5. The third-order valence-corrected chi connectivity index (χ3v) is 13.8. The molecule has 11 nitrogen and oxygen atoms in total. The molecule has 1 aliphatic carbocycles. The van der Waals surface area contributed by atoms with E-state index >= 15 is 4.39 Å². The minimum Gasteiger partial charge on any atom is -0.377 e. The maximum atomic E-state index is 16.4. The van der Waals surface area contributed by atoms with Gasteiger partial charge in [0, 0.05) is 17.8 Å². The highest BCUT2D eigenvalue weighted by molar-refractivity contribution is 7.92. The predicted octanol–water partition coefficient (Wildman–Crippen LogP) is 5.19. The minimum atomic E-state index is -5.28. The van der Waals surface area contributed by atoms with Crippen molar-refractivity contribution in [3.05, 3.63) is 65.9 Å². The zero-order chi connectivity index (χ0) is 35.2. The first-order valence-corrected chi connectivity index (χ1v) is 19.7. The van der Waals surface area contributed by atoms with Gasteiger partial charge in [0.05, 0.1) is 64.3 Å². The van der Waals surface area contributed by atoms with Crippen molar-refractivity contribution in [2.75, 3.05) is 39.7 Å². The average molecular weight is 755 g/mol. The number of fused-ring (bicyclic) bond motifs is 3. The lowest BCUT2D eigenvalue weighted by atomic mass is 10.1. The normalized spacial score (nSPS) is 25.4. The number of anilines is 3. The predicted molar refractivity (Wildman–Crippen MR) is 174 cm³/mol. The fourth-order valence-electron chi connectivity index (χ4n) is 7.18. The van der Waals surface area contributed by atoms with Crippen LogP contribution in [-0.2, 0) is 30.8 Å². The number of morpholine rings is 1. The highest BCUT2D eigenvalue weighted by Crippen LogP contribution is 2.49. The summed E-state index contributed by atoms with van der Waals surface area (Å²) in [5, 5.41) is 3.76. The number of nitrogens with one attached hydrogen (secondary N) is 2. The minimum absolute atomic E-state index is 0.0281. The van der Waals surface area contributed by atoms with Gasteiger partial charge < -0.3 is 15.0 Å². The van der Waals surface area contributed by atoms with Crippen molar-refractivity contribution in [3.8, 4) is 21.8 Å². The molecule has 3 aliphatic heterocycles. The first kappa shape index (κ1) is 33.2. The van der Waals surface area contributed by atoms with Gasteiger partial charge in [0.15, 0.2) is 20.8 Å². The van der Waals surface area contributed by atoms with E-state index in [9.17, 15) is 34.4 Å². The van der Waals surface area contributed by atoms with Gasteiger partial charge in [-0.3, -0.25) is 4.72 Å². The third kappa shape index (κ3) is 5.86. The van der Waals surface area contributed by atoms with Gasteiger partial charge in [-0.1, -0.05) is 23.5 Å². The summed E-state index contributed by atoms with van der Waals surface area (Å²) in [6.45, 7) is 0.951. The molecule has 19 heteroatoms. The molecule has 0 spiro atoms. The molecule has 2 N–H and O–H groups in total. The molecule has 2 bridgehead atoms. The second kappa shape index (κ2) is 11.8. The summed E-state index contributed by atoms with van der Waals surface area (Å²) < 4.78 is 130. The van der Waals surface area contributed by atoms with E-state index in [1.54, 1.807) is 6.07 Å². The number of sulfone groups is 1. The van der Waals surface area contributed by atoms with E-state index in [0.717, 1.165) is 25.0 Å². The molecule has 4 fully saturated rings. The zero-order valence-corrected chi connectivity index (χ0v) is 28.1. The van der Waals surface area contributed by atoms with E-state index in [1.807, 2.05) is 4.72 Å². The molecule has 3 unspecified atom stereocenters. The molecule has 8 rings (SSSR count). The fraction of sp³-hybridized carbons (Fsp3) is 0.387. The van der Waals surface area contributed by atoms with Gasteiger partial charge in [0.2, 0.25) is 5.95 Å². The van der Waals surface area contributed by atoms with Crippen molar-refractivity contribution < 1.29 is 43.5 Å². The highest BCUT2D eigenvalue weighted by atomic mass is 32.2. The molecular weight excluding hydrogens is 728 g/mol. The Kier molecular flexibility index (Phi) is 7.85. The lowest BCUT2D eigenvalue weighted by Gasteiger charge is -2.34. The lowest BCUT2D eigenvalue weighted by molar-refractivity contribution is -0.140. The second-order valence-electron chi connectivity index (χ2n) is 12.7. The molecule has 50 heavy (non-hydrogen) atoms. The molecule has 1 saturated carbocycles. The van der Waals surface area contributed by atoms with Crippen LogP contribution < -0.4 is 14.9 Å². The van der Waals surface area contributed by atoms with Crippen molar-refractivity contribution in [2.24, 2.45) is 11.8 Å². The number of ether oxygens (including phenoxy) is 1. The summed E-state index contributed by atoms with van der Waals surface area (Å²) in [6.07, 6.45) is -2.00. The van der Waals surface area contributed by atoms with Crippen molar-refractivity contribution in [2.45, 2.75) is 42.0 Å². The number of aromatic nitrogens is 3. The van der Waals surface area contributed by atoms with Crippen molar-refractivity contribution in [3.63, 3.8) is 0 Å². The van der Waals surface area contributed by atoms with Crippen LogP contribution in [0.25, 0.3) is 21.8 Å². The topological polar surface area (TPSA) is 143 Å². The standard InChI is InChI=1S/C31H27F5N6O5S3/c32-21-5-2-4-20(31(34,35)36)28(21)50(45,46)41-22-6-1-3-17(24(22)33)26-27(48-30(40-26)42-15-7-8-16(42)12-47-11-15)23-9-10-37-29(38-23)39-25-18-13-49(43,44)14-19(18)25/h1-6,9-10,15-16,18-19,25,41H,7-8,11-14H2,(H,37,38,39)/t15?,16?,18-,19+,25?. The van der Waals surface area contributed by atoms with Gasteiger partial charge in [-0.2, -0.15) is 13.2 Å². The number of sulfonamides is 1. The first-order chi connectivity index (χ1) is 23.7. The summed E-state index contributed by atoms with van der Waals surface area (Å²) in [6, 6.07) is 6.93. The van der Waals surface area contributed by atoms with Crippen LogP contribution in [0, 0.1) is 23.5 Å². The summed E-state index contributed by atoms with van der Waals surface area (Å²) in [5.41, 5.74) is -2.19. The Morgan fingerprint density at radius 2 is 1.66 bits per heavy atom. The molecule has 2 aromatic carbocycles. The molecule has 0 radical (unpaired) electrons. The number of alkyl halides is 3. The average Bonchev–Trinajstić information content (AvgIpc) is 3.34. The van der Waals surface area contributed by atoms with E-state index in [-0.39, 0.29) is 58.7 Å². The van der Waals surface area contributed by atoms with Crippen molar-refractivity contribution >= 4 is 48.0 Å². The van der Waals surface area contributed by atoms with E-state index in [0.29, 0.717) is 41.0 Å². The maximum Gasteiger partial charge on any atom is 0.417 e. The molecule has 264 valence electrons. The monoisotopic (exact) mass is 754 g/mol. The van der Waals surface area contributed by atoms with Gasteiger partial charge in [-0.05, 0) is 55.0 Å². The van der Waals surface area contributed by atoms with Gasteiger partial charge in [-0.25, -0.2) is 40.6 Å². The lowest BCUT2D eigenvalue weighted by Crippen LogP contribution is -2.45. The Morgan fingerprint density at radius 1 is 0.960 bits per heavy atom.